The van der Waals surface area contributed by atoms with E-state index in [4.69, 9.17) is 0 Å². The second-order valence-electron chi connectivity index (χ2n) is 5.59. The van der Waals surface area contributed by atoms with E-state index in [1.54, 1.807) is 12.3 Å². The third-order valence-corrected chi connectivity index (χ3v) is 3.54. The second kappa shape index (κ2) is 4.06. The van der Waals surface area contributed by atoms with Gasteiger partial charge >= 0.3 is 0 Å². The lowest BCUT2D eigenvalue weighted by molar-refractivity contribution is 0.104. The van der Waals surface area contributed by atoms with E-state index in [0.717, 1.165) is 24.8 Å². The average Bonchev–Trinajstić information content (AvgIpc) is 2.58. The van der Waals surface area contributed by atoms with Gasteiger partial charge in [0, 0.05) is 11.8 Å². The Morgan fingerprint density at radius 2 is 2.19 bits per heavy atom. The fourth-order valence-corrected chi connectivity index (χ4v) is 2.64. The summed E-state index contributed by atoms with van der Waals surface area (Å²) in [5, 5.41) is 19.6. The van der Waals surface area contributed by atoms with Crippen molar-refractivity contribution in [3.63, 3.8) is 0 Å². The average molecular weight is 221 g/mol. The minimum absolute atomic E-state index is 0.119. The Labute approximate surface area is 96.2 Å². The van der Waals surface area contributed by atoms with Crippen LogP contribution in [0.15, 0.2) is 18.5 Å². The smallest absolute Gasteiger partial charge is 0.134 e. The van der Waals surface area contributed by atoms with E-state index in [1.165, 1.54) is 6.20 Å². The minimum atomic E-state index is -0.499. The van der Waals surface area contributed by atoms with Gasteiger partial charge in [0.1, 0.15) is 5.75 Å². The quantitative estimate of drug-likeness (QED) is 0.807. The summed E-state index contributed by atoms with van der Waals surface area (Å²) in [4.78, 5) is 3.90. The number of aromatic nitrogens is 1. The van der Waals surface area contributed by atoms with Gasteiger partial charge in [0.2, 0.25) is 0 Å². The standard InChI is InChI=1S/C13H19NO2/c1-13(2)4-3-9(6-13)12(16)10-5-11(15)8-14-7-10/h5,7-9,12,15-16H,3-4,6H2,1-2H3/t9-,12+/m0/s1. The maximum Gasteiger partial charge on any atom is 0.134 e. The molecule has 1 aromatic heterocycles. The number of aromatic hydroxyl groups is 1. The lowest BCUT2D eigenvalue weighted by Gasteiger charge is -2.21. The van der Waals surface area contributed by atoms with Crippen LogP contribution in [0.5, 0.6) is 5.75 Å². The topological polar surface area (TPSA) is 53.4 Å². The maximum absolute atomic E-state index is 10.2. The first-order chi connectivity index (χ1) is 7.48. The molecule has 0 unspecified atom stereocenters. The molecule has 0 aromatic carbocycles. The Bertz CT molecular complexity index is 376. The van der Waals surface area contributed by atoms with E-state index < -0.39 is 6.10 Å². The van der Waals surface area contributed by atoms with Crippen LogP contribution in [0.2, 0.25) is 0 Å². The molecule has 3 heteroatoms. The van der Waals surface area contributed by atoms with Crippen molar-refractivity contribution in [2.45, 2.75) is 39.2 Å². The van der Waals surface area contributed by atoms with Crippen LogP contribution >= 0.6 is 0 Å². The van der Waals surface area contributed by atoms with Gasteiger partial charge in [-0.1, -0.05) is 13.8 Å². The molecular weight excluding hydrogens is 202 g/mol. The van der Waals surface area contributed by atoms with Crippen LogP contribution in [0.1, 0.15) is 44.8 Å². The predicted molar refractivity (Wildman–Crippen MR) is 62.0 cm³/mol. The third kappa shape index (κ3) is 2.35. The van der Waals surface area contributed by atoms with E-state index in [9.17, 15) is 10.2 Å². The van der Waals surface area contributed by atoms with Crippen molar-refractivity contribution in [1.82, 2.24) is 4.98 Å². The lowest BCUT2D eigenvalue weighted by Crippen LogP contribution is -2.12. The number of hydrogen-bond acceptors (Lipinski definition) is 3. The van der Waals surface area contributed by atoms with Crippen LogP contribution in [0.3, 0.4) is 0 Å². The van der Waals surface area contributed by atoms with Crippen molar-refractivity contribution in [1.29, 1.82) is 0 Å². The zero-order valence-corrected chi connectivity index (χ0v) is 9.85. The van der Waals surface area contributed by atoms with Gasteiger partial charge in [-0.15, -0.1) is 0 Å². The molecule has 0 aliphatic heterocycles. The Morgan fingerprint density at radius 3 is 2.75 bits per heavy atom. The van der Waals surface area contributed by atoms with Crippen LogP contribution in [0.25, 0.3) is 0 Å². The minimum Gasteiger partial charge on any atom is -0.506 e. The molecule has 0 radical (unpaired) electrons. The van der Waals surface area contributed by atoms with Gasteiger partial charge in [-0.3, -0.25) is 4.98 Å². The molecule has 2 atom stereocenters. The van der Waals surface area contributed by atoms with Gasteiger partial charge < -0.3 is 10.2 Å². The first kappa shape index (κ1) is 11.4. The fourth-order valence-electron chi connectivity index (χ4n) is 2.64. The summed E-state index contributed by atoms with van der Waals surface area (Å²) in [5.41, 5.74) is 1.05. The van der Waals surface area contributed by atoms with Crippen LogP contribution in [0, 0.1) is 11.3 Å². The molecule has 1 aliphatic carbocycles. The summed E-state index contributed by atoms with van der Waals surface area (Å²) in [6, 6.07) is 1.60. The van der Waals surface area contributed by atoms with E-state index in [2.05, 4.69) is 18.8 Å². The zero-order chi connectivity index (χ0) is 11.8. The molecule has 88 valence electrons. The van der Waals surface area contributed by atoms with E-state index in [0.29, 0.717) is 11.3 Å². The van der Waals surface area contributed by atoms with Crippen molar-refractivity contribution >= 4 is 0 Å². The van der Waals surface area contributed by atoms with Crippen molar-refractivity contribution in [3.8, 4) is 5.75 Å². The van der Waals surface area contributed by atoms with Crippen LogP contribution < -0.4 is 0 Å². The van der Waals surface area contributed by atoms with E-state index in [1.807, 2.05) is 0 Å². The summed E-state index contributed by atoms with van der Waals surface area (Å²) in [6.07, 6.45) is 5.75. The van der Waals surface area contributed by atoms with Crippen molar-refractivity contribution in [2.75, 3.05) is 0 Å². The Morgan fingerprint density at radius 1 is 1.44 bits per heavy atom. The molecule has 0 saturated heterocycles. The zero-order valence-electron chi connectivity index (χ0n) is 9.85. The highest BCUT2D eigenvalue weighted by atomic mass is 16.3. The van der Waals surface area contributed by atoms with Gasteiger partial charge in [0.15, 0.2) is 0 Å². The van der Waals surface area contributed by atoms with Gasteiger partial charge in [-0.2, -0.15) is 0 Å². The summed E-state index contributed by atoms with van der Waals surface area (Å²) in [6.45, 7) is 4.47. The number of hydrogen-bond donors (Lipinski definition) is 2. The molecule has 1 saturated carbocycles. The fraction of sp³-hybridized carbons (Fsp3) is 0.615. The summed E-state index contributed by atoms with van der Waals surface area (Å²) in [5.74, 6) is 0.410. The summed E-state index contributed by atoms with van der Waals surface area (Å²) < 4.78 is 0. The molecule has 2 rings (SSSR count). The predicted octanol–water partition coefficient (Wildman–Crippen LogP) is 2.65. The highest BCUT2D eigenvalue weighted by Gasteiger charge is 2.35. The van der Waals surface area contributed by atoms with Gasteiger partial charge in [0.05, 0.1) is 12.3 Å². The van der Waals surface area contributed by atoms with Crippen LogP contribution in [-0.2, 0) is 0 Å². The Kier molecular flexibility index (Phi) is 2.89. The molecule has 1 aromatic rings. The number of pyridine rings is 1. The van der Waals surface area contributed by atoms with Gasteiger partial charge in [-0.05, 0) is 36.7 Å². The molecule has 0 spiro atoms. The van der Waals surface area contributed by atoms with Gasteiger partial charge in [0.25, 0.3) is 0 Å². The lowest BCUT2D eigenvalue weighted by atomic mass is 9.88. The number of aliphatic hydroxyl groups is 1. The first-order valence-electron chi connectivity index (χ1n) is 5.80. The Hall–Kier alpha value is -1.09. The molecule has 1 heterocycles. The SMILES string of the molecule is CC1(C)CC[C@H]([C@@H](O)c2cncc(O)c2)C1. The molecule has 1 aliphatic rings. The third-order valence-electron chi connectivity index (χ3n) is 3.54. The van der Waals surface area contributed by atoms with E-state index >= 15 is 0 Å². The number of aliphatic hydroxyl groups excluding tert-OH is 1. The second-order valence-corrected chi connectivity index (χ2v) is 5.59. The van der Waals surface area contributed by atoms with Crippen molar-refractivity contribution < 1.29 is 10.2 Å². The monoisotopic (exact) mass is 221 g/mol. The highest BCUT2D eigenvalue weighted by Crippen LogP contribution is 2.46. The molecule has 2 N–H and O–H groups in total. The maximum atomic E-state index is 10.2. The number of rotatable bonds is 2. The normalized spacial score (nSPS) is 25.6. The molecule has 16 heavy (non-hydrogen) atoms. The van der Waals surface area contributed by atoms with Crippen molar-refractivity contribution in [2.24, 2.45) is 11.3 Å². The molecule has 3 nitrogen and oxygen atoms in total. The largest absolute Gasteiger partial charge is 0.506 e. The Balaban J connectivity index is 2.11. The highest BCUT2D eigenvalue weighted by molar-refractivity contribution is 5.24. The molecule has 1 fully saturated rings. The van der Waals surface area contributed by atoms with E-state index in [-0.39, 0.29) is 5.75 Å². The van der Waals surface area contributed by atoms with Crippen LogP contribution in [-0.4, -0.2) is 15.2 Å². The molecule has 0 amide bonds. The van der Waals surface area contributed by atoms with Crippen LogP contribution in [0.4, 0.5) is 0 Å². The summed E-state index contributed by atoms with van der Waals surface area (Å²) in [7, 11) is 0. The molecular formula is C13H19NO2. The van der Waals surface area contributed by atoms with Crippen molar-refractivity contribution in [3.05, 3.63) is 24.0 Å². The molecule has 0 bridgehead atoms. The number of nitrogens with zero attached hydrogens (tertiary/aromatic N) is 1. The first-order valence-corrected chi connectivity index (χ1v) is 5.80. The summed E-state index contributed by atoms with van der Waals surface area (Å²) >= 11 is 0. The van der Waals surface area contributed by atoms with Gasteiger partial charge in [-0.25, -0.2) is 0 Å².